The van der Waals surface area contributed by atoms with Crippen molar-refractivity contribution >= 4 is 23.6 Å². The summed E-state index contributed by atoms with van der Waals surface area (Å²) in [6.07, 6.45) is -0.163. The maximum absolute atomic E-state index is 14.1. The lowest BCUT2D eigenvalue weighted by Crippen LogP contribution is -2.55. The summed E-state index contributed by atoms with van der Waals surface area (Å²) in [5.41, 5.74) is 0.518. The van der Waals surface area contributed by atoms with Crippen LogP contribution < -0.4 is 15.4 Å². The van der Waals surface area contributed by atoms with E-state index in [2.05, 4.69) is 20.6 Å². The first-order valence-corrected chi connectivity index (χ1v) is 10.2. The fourth-order valence-electron chi connectivity index (χ4n) is 3.46. The van der Waals surface area contributed by atoms with E-state index >= 15 is 0 Å². The molecule has 11 heteroatoms. The average Bonchev–Trinajstić information content (AvgIpc) is 2.74. The van der Waals surface area contributed by atoms with Gasteiger partial charge in [0, 0.05) is 25.2 Å². The van der Waals surface area contributed by atoms with Gasteiger partial charge in [0.15, 0.2) is 0 Å². The third-order valence-electron chi connectivity index (χ3n) is 5.03. The van der Waals surface area contributed by atoms with Crippen LogP contribution in [0.15, 0.2) is 30.5 Å². The summed E-state index contributed by atoms with van der Waals surface area (Å²) in [6, 6.07) is 5.98. The van der Waals surface area contributed by atoms with E-state index in [-0.39, 0.29) is 18.7 Å². The van der Waals surface area contributed by atoms with Crippen LogP contribution in [0.2, 0.25) is 0 Å². The minimum atomic E-state index is -3.05. The minimum Gasteiger partial charge on any atom is -0.494 e. The Labute approximate surface area is 183 Å². The summed E-state index contributed by atoms with van der Waals surface area (Å²) < 4.78 is 33.6. The Kier molecular flexibility index (Phi) is 7.06. The van der Waals surface area contributed by atoms with Gasteiger partial charge in [0.2, 0.25) is 0 Å². The molecule has 2 aromatic rings. The number of anilines is 2. The van der Waals surface area contributed by atoms with Crippen LogP contribution >= 0.6 is 0 Å². The molecular formula is C21H25F2N5O4. The summed E-state index contributed by atoms with van der Waals surface area (Å²) in [7, 11) is 0. The van der Waals surface area contributed by atoms with E-state index in [1.165, 1.54) is 0 Å². The zero-order valence-electron chi connectivity index (χ0n) is 17.8. The number of amides is 2. The molecule has 1 aliphatic rings. The number of nitrogens with zero attached hydrogens (tertiary/aromatic N) is 3. The molecule has 172 valence electrons. The standard InChI is InChI=1S/C21H25F2N5O4/c1-3-32-15-7-9-24-17(10-15)26-16-5-4-13(2)18(27-16)19(29)28-12-21(22,23)8-6-14(28)11-25-20(30)31/h4-5,7,9-10,14,25H,3,6,8,11-12H2,1-2H3,(H,30,31)(H,24,26,27)/t14-/m1/s1. The zero-order chi connectivity index (χ0) is 23.3. The fourth-order valence-corrected chi connectivity index (χ4v) is 3.46. The Morgan fingerprint density at radius 2 is 2.09 bits per heavy atom. The molecule has 9 nitrogen and oxygen atoms in total. The first kappa shape index (κ1) is 23.2. The Hall–Kier alpha value is -3.50. The molecule has 0 saturated carbocycles. The molecule has 1 saturated heterocycles. The number of rotatable bonds is 7. The summed E-state index contributed by atoms with van der Waals surface area (Å²) in [4.78, 5) is 33.6. The van der Waals surface area contributed by atoms with E-state index in [4.69, 9.17) is 9.84 Å². The summed E-state index contributed by atoms with van der Waals surface area (Å²) in [6.45, 7) is 3.07. The predicted octanol–water partition coefficient (Wildman–Crippen LogP) is 3.43. The summed E-state index contributed by atoms with van der Waals surface area (Å²) in [5, 5.41) is 14.0. The van der Waals surface area contributed by atoms with Gasteiger partial charge in [0.05, 0.1) is 19.2 Å². The number of aromatic nitrogens is 2. The lowest BCUT2D eigenvalue weighted by atomic mass is 9.98. The first-order valence-electron chi connectivity index (χ1n) is 10.2. The van der Waals surface area contributed by atoms with E-state index in [0.29, 0.717) is 29.6 Å². The number of pyridine rings is 2. The minimum absolute atomic E-state index is 0.00832. The fraction of sp³-hybridized carbons (Fsp3) is 0.429. The van der Waals surface area contributed by atoms with Crippen molar-refractivity contribution in [3.8, 4) is 5.75 Å². The number of nitrogens with one attached hydrogen (secondary N) is 2. The normalized spacial score (nSPS) is 17.5. The highest BCUT2D eigenvalue weighted by molar-refractivity contribution is 5.94. The largest absolute Gasteiger partial charge is 0.494 e. The number of ether oxygens (including phenoxy) is 1. The molecule has 1 atom stereocenters. The molecule has 0 radical (unpaired) electrons. The van der Waals surface area contributed by atoms with Gasteiger partial charge in [-0.05, 0) is 38.0 Å². The van der Waals surface area contributed by atoms with Crippen molar-refractivity contribution in [2.45, 2.75) is 38.7 Å². The van der Waals surface area contributed by atoms with Crippen molar-refractivity contribution < 1.29 is 28.2 Å². The van der Waals surface area contributed by atoms with Crippen molar-refractivity contribution in [1.82, 2.24) is 20.2 Å². The third kappa shape index (κ3) is 5.80. The molecule has 0 spiro atoms. The molecule has 2 amide bonds. The SMILES string of the molecule is CCOc1ccnc(Nc2ccc(C)c(C(=O)N3CC(F)(F)CC[C@@H]3CNC(=O)O)n2)c1. The molecule has 0 aromatic carbocycles. The number of hydrogen-bond acceptors (Lipinski definition) is 6. The van der Waals surface area contributed by atoms with Crippen molar-refractivity contribution in [2.75, 3.05) is 25.0 Å². The summed E-state index contributed by atoms with van der Waals surface area (Å²) >= 11 is 0. The van der Waals surface area contributed by atoms with Gasteiger partial charge in [-0.2, -0.15) is 0 Å². The van der Waals surface area contributed by atoms with Crippen molar-refractivity contribution in [3.05, 3.63) is 41.7 Å². The highest BCUT2D eigenvalue weighted by atomic mass is 19.3. The molecular weight excluding hydrogens is 424 g/mol. The van der Waals surface area contributed by atoms with Gasteiger partial charge in [0.1, 0.15) is 23.1 Å². The Morgan fingerprint density at radius 3 is 2.81 bits per heavy atom. The molecule has 1 aliphatic heterocycles. The topological polar surface area (TPSA) is 117 Å². The van der Waals surface area contributed by atoms with Gasteiger partial charge in [-0.15, -0.1) is 0 Å². The van der Waals surface area contributed by atoms with Crippen LogP contribution in [0.4, 0.5) is 25.2 Å². The smallest absolute Gasteiger partial charge is 0.404 e. The van der Waals surface area contributed by atoms with Crippen LogP contribution in [0.25, 0.3) is 0 Å². The Balaban J connectivity index is 1.84. The number of carboxylic acid groups (broad SMARTS) is 1. The van der Waals surface area contributed by atoms with Crippen LogP contribution in [0.1, 0.15) is 35.8 Å². The quantitative estimate of drug-likeness (QED) is 0.593. The maximum Gasteiger partial charge on any atom is 0.404 e. The van der Waals surface area contributed by atoms with Gasteiger partial charge in [-0.3, -0.25) is 4.79 Å². The van der Waals surface area contributed by atoms with Crippen LogP contribution in [-0.2, 0) is 0 Å². The van der Waals surface area contributed by atoms with Crippen molar-refractivity contribution in [1.29, 1.82) is 0 Å². The number of halogens is 2. The molecule has 1 fully saturated rings. The van der Waals surface area contributed by atoms with Gasteiger partial charge in [0.25, 0.3) is 11.8 Å². The maximum atomic E-state index is 14.1. The number of piperidine rings is 1. The number of aryl methyl sites for hydroxylation is 1. The first-order chi connectivity index (χ1) is 15.2. The van der Waals surface area contributed by atoms with Crippen molar-refractivity contribution in [2.24, 2.45) is 0 Å². The molecule has 0 unspecified atom stereocenters. The molecule has 0 bridgehead atoms. The molecule has 2 aromatic heterocycles. The van der Waals surface area contributed by atoms with Crippen molar-refractivity contribution in [3.63, 3.8) is 0 Å². The Bertz CT molecular complexity index is 988. The van der Waals surface area contributed by atoms with Gasteiger partial charge < -0.3 is 25.4 Å². The van der Waals surface area contributed by atoms with Gasteiger partial charge >= 0.3 is 6.09 Å². The van der Waals surface area contributed by atoms with E-state index in [1.54, 1.807) is 37.4 Å². The summed E-state index contributed by atoms with van der Waals surface area (Å²) in [5.74, 6) is -2.37. The molecule has 32 heavy (non-hydrogen) atoms. The highest BCUT2D eigenvalue weighted by Crippen LogP contribution is 2.31. The predicted molar refractivity (Wildman–Crippen MR) is 113 cm³/mol. The number of carbonyl (C=O) groups excluding carboxylic acids is 1. The van der Waals surface area contributed by atoms with Crippen LogP contribution in [-0.4, -0.2) is 63.6 Å². The molecule has 3 N–H and O–H groups in total. The van der Waals surface area contributed by atoms with Crippen LogP contribution in [0.3, 0.4) is 0 Å². The number of carbonyl (C=O) groups is 2. The Morgan fingerprint density at radius 1 is 1.31 bits per heavy atom. The van der Waals surface area contributed by atoms with Crippen LogP contribution in [0.5, 0.6) is 5.75 Å². The second-order valence-corrected chi connectivity index (χ2v) is 7.46. The number of likely N-dealkylation sites (tertiary alicyclic amines) is 1. The van der Waals surface area contributed by atoms with Gasteiger partial charge in [-0.25, -0.2) is 23.5 Å². The molecule has 3 heterocycles. The molecule has 3 rings (SSSR count). The van der Waals surface area contributed by atoms with E-state index in [1.807, 2.05) is 6.92 Å². The van der Waals surface area contributed by atoms with Crippen LogP contribution in [0, 0.1) is 6.92 Å². The van der Waals surface area contributed by atoms with E-state index in [9.17, 15) is 18.4 Å². The second kappa shape index (κ2) is 9.75. The number of hydrogen-bond donors (Lipinski definition) is 3. The number of alkyl halides is 2. The second-order valence-electron chi connectivity index (χ2n) is 7.46. The monoisotopic (exact) mass is 449 g/mol. The third-order valence-corrected chi connectivity index (χ3v) is 5.03. The van der Waals surface area contributed by atoms with E-state index in [0.717, 1.165) is 4.90 Å². The zero-order valence-corrected chi connectivity index (χ0v) is 17.8. The van der Waals surface area contributed by atoms with Gasteiger partial charge in [-0.1, -0.05) is 6.07 Å². The average molecular weight is 449 g/mol. The van der Waals surface area contributed by atoms with E-state index < -0.39 is 36.9 Å². The highest BCUT2D eigenvalue weighted by Gasteiger charge is 2.42. The lowest BCUT2D eigenvalue weighted by molar-refractivity contribution is -0.0715. The lowest BCUT2D eigenvalue weighted by Gasteiger charge is -2.39. The molecule has 0 aliphatic carbocycles.